The number of rotatable bonds is 5. The minimum atomic E-state index is -0.290. The molecule has 90 valence electrons. The molecule has 0 aliphatic heterocycles. The van der Waals surface area contributed by atoms with E-state index in [0.29, 0.717) is 17.8 Å². The first-order chi connectivity index (χ1) is 7.60. The van der Waals surface area contributed by atoms with Crippen molar-refractivity contribution in [2.24, 2.45) is 0 Å². The number of aliphatic hydroxyl groups is 1. The van der Waals surface area contributed by atoms with Gasteiger partial charge < -0.3 is 15.7 Å². The zero-order valence-corrected chi connectivity index (χ0v) is 9.83. The van der Waals surface area contributed by atoms with Crippen molar-refractivity contribution in [1.82, 2.24) is 0 Å². The van der Waals surface area contributed by atoms with E-state index >= 15 is 0 Å². The highest BCUT2D eigenvalue weighted by atomic mass is 19.1. The highest BCUT2D eigenvalue weighted by molar-refractivity contribution is 5.68. The maximum atomic E-state index is 13.2. The summed E-state index contributed by atoms with van der Waals surface area (Å²) in [7, 11) is 0. The van der Waals surface area contributed by atoms with E-state index in [-0.39, 0.29) is 12.4 Å². The smallest absolute Gasteiger partial charge is 0.128 e. The first-order valence-corrected chi connectivity index (χ1v) is 5.51. The Hall–Kier alpha value is -1.29. The van der Waals surface area contributed by atoms with Crippen LogP contribution >= 0.6 is 0 Å². The third-order valence-corrected chi connectivity index (χ3v) is 2.51. The lowest BCUT2D eigenvalue weighted by Gasteiger charge is -2.25. The molecule has 1 rings (SSSR count). The predicted octanol–water partition coefficient (Wildman–Crippen LogP) is 1.93. The van der Waals surface area contributed by atoms with Gasteiger partial charge in [-0.3, -0.25) is 0 Å². The number of aryl methyl sites for hydroxylation is 1. The maximum Gasteiger partial charge on any atom is 0.128 e. The van der Waals surface area contributed by atoms with Crippen molar-refractivity contribution in [2.45, 2.75) is 20.3 Å². The third-order valence-electron chi connectivity index (χ3n) is 2.51. The van der Waals surface area contributed by atoms with E-state index in [1.807, 2.05) is 4.90 Å². The van der Waals surface area contributed by atoms with Gasteiger partial charge in [0.2, 0.25) is 0 Å². The fourth-order valence-corrected chi connectivity index (χ4v) is 1.70. The Morgan fingerprint density at radius 2 is 2.06 bits per heavy atom. The Balaban J connectivity index is 3.03. The van der Waals surface area contributed by atoms with E-state index in [1.54, 1.807) is 13.0 Å². The second-order valence-electron chi connectivity index (χ2n) is 3.87. The summed E-state index contributed by atoms with van der Waals surface area (Å²) in [5.41, 5.74) is 7.58. The minimum absolute atomic E-state index is 0.0653. The van der Waals surface area contributed by atoms with Crippen LogP contribution in [0.15, 0.2) is 12.1 Å². The molecule has 0 fully saturated rings. The third kappa shape index (κ3) is 2.85. The Kier molecular flexibility index (Phi) is 4.55. The van der Waals surface area contributed by atoms with E-state index < -0.39 is 0 Å². The summed E-state index contributed by atoms with van der Waals surface area (Å²) in [4.78, 5) is 1.97. The van der Waals surface area contributed by atoms with Crippen LogP contribution in [0.25, 0.3) is 0 Å². The molecule has 3 nitrogen and oxygen atoms in total. The average Bonchev–Trinajstić information content (AvgIpc) is 2.23. The molecule has 0 radical (unpaired) electrons. The van der Waals surface area contributed by atoms with Gasteiger partial charge in [0.1, 0.15) is 5.82 Å². The summed E-state index contributed by atoms with van der Waals surface area (Å²) in [5, 5.41) is 8.98. The molecule has 1 aromatic rings. The van der Waals surface area contributed by atoms with Crippen LogP contribution in [0.1, 0.15) is 18.9 Å². The standard InChI is InChI=1S/C12H19FN2O/c1-3-4-15(5-6-16)12-7-9(2)10(13)8-11(12)14/h7-8,16H,3-6,14H2,1-2H3. The number of aliphatic hydroxyl groups excluding tert-OH is 1. The molecule has 0 bridgehead atoms. The average molecular weight is 226 g/mol. The van der Waals surface area contributed by atoms with Crippen LogP contribution in [-0.2, 0) is 0 Å². The summed E-state index contributed by atoms with van der Waals surface area (Å²) in [6.07, 6.45) is 0.954. The molecule has 0 aliphatic rings. The van der Waals surface area contributed by atoms with Crippen molar-refractivity contribution in [1.29, 1.82) is 0 Å². The lowest BCUT2D eigenvalue weighted by atomic mass is 10.1. The second kappa shape index (κ2) is 5.70. The normalized spacial score (nSPS) is 10.5. The molecule has 0 aromatic heterocycles. The zero-order valence-electron chi connectivity index (χ0n) is 9.83. The summed E-state index contributed by atoms with van der Waals surface area (Å²) < 4.78 is 13.2. The molecular formula is C12H19FN2O. The SMILES string of the molecule is CCCN(CCO)c1cc(C)c(F)cc1N. The van der Waals surface area contributed by atoms with Gasteiger partial charge in [0.25, 0.3) is 0 Å². The molecule has 0 unspecified atom stereocenters. The molecule has 0 saturated heterocycles. The number of halogens is 1. The number of hydrogen-bond donors (Lipinski definition) is 2. The van der Waals surface area contributed by atoms with Crippen LogP contribution < -0.4 is 10.6 Å². The van der Waals surface area contributed by atoms with Gasteiger partial charge in [-0.2, -0.15) is 0 Å². The Labute approximate surface area is 95.7 Å². The van der Waals surface area contributed by atoms with Gasteiger partial charge in [0, 0.05) is 13.1 Å². The van der Waals surface area contributed by atoms with E-state index in [0.717, 1.165) is 18.7 Å². The molecule has 16 heavy (non-hydrogen) atoms. The second-order valence-corrected chi connectivity index (χ2v) is 3.87. The van der Waals surface area contributed by atoms with Crippen molar-refractivity contribution < 1.29 is 9.50 Å². The van der Waals surface area contributed by atoms with Crippen LogP contribution in [0.2, 0.25) is 0 Å². The molecule has 0 spiro atoms. The minimum Gasteiger partial charge on any atom is -0.397 e. The highest BCUT2D eigenvalue weighted by Gasteiger charge is 2.11. The molecule has 0 amide bonds. The van der Waals surface area contributed by atoms with Crippen molar-refractivity contribution in [3.63, 3.8) is 0 Å². The molecule has 3 N–H and O–H groups in total. The van der Waals surface area contributed by atoms with Crippen molar-refractivity contribution in [3.05, 3.63) is 23.5 Å². The van der Waals surface area contributed by atoms with Gasteiger partial charge in [-0.25, -0.2) is 4.39 Å². The van der Waals surface area contributed by atoms with Crippen LogP contribution in [-0.4, -0.2) is 24.8 Å². The van der Waals surface area contributed by atoms with Crippen LogP contribution in [0, 0.1) is 12.7 Å². The van der Waals surface area contributed by atoms with Crippen LogP contribution in [0.4, 0.5) is 15.8 Å². The first kappa shape index (κ1) is 12.8. The number of anilines is 2. The van der Waals surface area contributed by atoms with E-state index in [1.165, 1.54) is 6.07 Å². The monoisotopic (exact) mass is 226 g/mol. The fourth-order valence-electron chi connectivity index (χ4n) is 1.70. The molecule has 0 aliphatic carbocycles. The lowest BCUT2D eigenvalue weighted by molar-refractivity contribution is 0.302. The van der Waals surface area contributed by atoms with Crippen molar-refractivity contribution >= 4 is 11.4 Å². The van der Waals surface area contributed by atoms with Crippen LogP contribution in [0.5, 0.6) is 0 Å². The Morgan fingerprint density at radius 3 is 2.62 bits per heavy atom. The highest BCUT2D eigenvalue weighted by Crippen LogP contribution is 2.26. The lowest BCUT2D eigenvalue weighted by Crippen LogP contribution is -2.28. The van der Waals surface area contributed by atoms with Gasteiger partial charge >= 0.3 is 0 Å². The van der Waals surface area contributed by atoms with E-state index in [2.05, 4.69) is 6.92 Å². The summed E-state index contributed by atoms with van der Waals surface area (Å²) in [5.74, 6) is -0.290. The summed E-state index contributed by atoms with van der Waals surface area (Å²) >= 11 is 0. The van der Waals surface area contributed by atoms with E-state index in [9.17, 15) is 4.39 Å². The Bertz CT molecular complexity index is 349. The molecule has 0 heterocycles. The van der Waals surface area contributed by atoms with Gasteiger partial charge in [0.15, 0.2) is 0 Å². The predicted molar refractivity (Wildman–Crippen MR) is 65.1 cm³/mol. The fraction of sp³-hybridized carbons (Fsp3) is 0.500. The molecular weight excluding hydrogens is 207 g/mol. The van der Waals surface area contributed by atoms with Gasteiger partial charge in [-0.15, -0.1) is 0 Å². The van der Waals surface area contributed by atoms with Gasteiger partial charge in [0.05, 0.1) is 18.0 Å². The number of nitrogen functional groups attached to an aromatic ring is 1. The number of nitrogens with zero attached hydrogens (tertiary/aromatic N) is 1. The van der Waals surface area contributed by atoms with Gasteiger partial charge in [-0.05, 0) is 31.0 Å². The van der Waals surface area contributed by atoms with Gasteiger partial charge in [-0.1, -0.05) is 6.92 Å². The number of hydrogen-bond acceptors (Lipinski definition) is 3. The van der Waals surface area contributed by atoms with E-state index in [4.69, 9.17) is 10.8 Å². The zero-order chi connectivity index (χ0) is 12.1. The largest absolute Gasteiger partial charge is 0.397 e. The summed E-state index contributed by atoms with van der Waals surface area (Å²) in [6, 6.07) is 3.07. The first-order valence-electron chi connectivity index (χ1n) is 5.51. The Morgan fingerprint density at radius 1 is 1.38 bits per heavy atom. The summed E-state index contributed by atoms with van der Waals surface area (Å²) in [6.45, 7) is 5.15. The number of benzene rings is 1. The van der Waals surface area contributed by atoms with Crippen LogP contribution in [0.3, 0.4) is 0 Å². The number of nitrogens with two attached hydrogens (primary N) is 1. The molecule has 0 saturated carbocycles. The van der Waals surface area contributed by atoms with Crippen molar-refractivity contribution in [2.75, 3.05) is 30.3 Å². The topological polar surface area (TPSA) is 49.5 Å². The quantitative estimate of drug-likeness (QED) is 0.754. The molecule has 4 heteroatoms. The maximum absolute atomic E-state index is 13.2. The molecule has 0 atom stereocenters. The van der Waals surface area contributed by atoms with Crippen molar-refractivity contribution in [3.8, 4) is 0 Å². The molecule has 1 aromatic carbocycles.